The van der Waals surface area contributed by atoms with Crippen LogP contribution >= 0.6 is 11.6 Å². The first-order valence-corrected chi connectivity index (χ1v) is 3.84. The van der Waals surface area contributed by atoms with Crippen molar-refractivity contribution in [2.24, 2.45) is 0 Å². The van der Waals surface area contributed by atoms with Crippen LogP contribution in [-0.4, -0.2) is 16.2 Å². The van der Waals surface area contributed by atoms with Crippen LogP contribution in [0, 0.1) is 0 Å². The van der Waals surface area contributed by atoms with Gasteiger partial charge in [0.25, 0.3) is 0 Å². The highest BCUT2D eigenvalue weighted by atomic mass is 35.5. The molecule has 2 nitrogen and oxygen atoms in total. The minimum absolute atomic E-state index is 0.364. The van der Waals surface area contributed by atoms with Crippen LogP contribution in [0.2, 0.25) is 5.02 Å². The van der Waals surface area contributed by atoms with Crippen LogP contribution in [0.3, 0.4) is 0 Å². The molecule has 0 fully saturated rings. The zero-order chi connectivity index (χ0) is 8.27. The van der Waals surface area contributed by atoms with Gasteiger partial charge in [0.2, 0.25) is 0 Å². The molecule has 0 aliphatic heterocycles. The van der Waals surface area contributed by atoms with Gasteiger partial charge in [-0.05, 0) is 18.6 Å². The lowest BCUT2D eigenvalue weighted by Gasteiger charge is -2.04. The summed E-state index contributed by atoms with van der Waals surface area (Å²) >= 11 is 5.82. The first-order valence-electron chi connectivity index (χ1n) is 3.46. The Hall–Kier alpha value is -0.600. The molecule has 0 saturated carbocycles. The standard InChI is InChI=1S/C8H10ClNO/c1-6(11)4-7-5-10-3-2-8(7)9/h2-3,5-6,11H,4H2,1H3. The number of aliphatic hydroxyl groups is 1. The number of aromatic nitrogens is 1. The maximum absolute atomic E-state index is 9.04. The summed E-state index contributed by atoms with van der Waals surface area (Å²) in [5.41, 5.74) is 0.893. The Morgan fingerprint density at radius 1 is 1.73 bits per heavy atom. The fraction of sp³-hybridized carbons (Fsp3) is 0.375. The predicted octanol–water partition coefficient (Wildman–Crippen LogP) is 1.66. The lowest BCUT2D eigenvalue weighted by atomic mass is 10.1. The minimum Gasteiger partial charge on any atom is -0.393 e. The molecular formula is C8H10ClNO. The van der Waals surface area contributed by atoms with E-state index in [2.05, 4.69) is 4.98 Å². The zero-order valence-corrected chi connectivity index (χ0v) is 7.04. The number of hydrogen-bond donors (Lipinski definition) is 1. The van der Waals surface area contributed by atoms with Crippen molar-refractivity contribution in [2.45, 2.75) is 19.4 Å². The van der Waals surface area contributed by atoms with Crippen molar-refractivity contribution >= 4 is 11.6 Å². The molecular weight excluding hydrogens is 162 g/mol. The van der Waals surface area contributed by atoms with Gasteiger partial charge in [0.05, 0.1) is 6.10 Å². The summed E-state index contributed by atoms with van der Waals surface area (Å²) in [5.74, 6) is 0. The molecule has 1 rings (SSSR count). The lowest BCUT2D eigenvalue weighted by molar-refractivity contribution is 0.195. The molecule has 0 spiro atoms. The number of hydrogen-bond acceptors (Lipinski definition) is 2. The molecule has 1 aromatic heterocycles. The van der Waals surface area contributed by atoms with Gasteiger partial charge in [0.15, 0.2) is 0 Å². The molecule has 0 amide bonds. The van der Waals surface area contributed by atoms with Gasteiger partial charge in [-0.2, -0.15) is 0 Å². The van der Waals surface area contributed by atoms with Gasteiger partial charge in [-0.15, -0.1) is 0 Å². The topological polar surface area (TPSA) is 33.1 Å². The second-order valence-corrected chi connectivity index (χ2v) is 2.93. The molecule has 3 heteroatoms. The van der Waals surface area contributed by atoms with Crippen LogP contribution in [0.1, 0.15) is 12.5 Å². The van der Waals surface area contributed by atoms with Crippen molar-refractivity contribution in [3.8, 4) is 0 Å². The minimum atomic E-state index is -0.364. The van der Waals surface area contributed by atoms with Crippen LogP contribution in [0.25, 0.3) is 0 Å². The summed E-state index contributed by atoms with van der Waals surface area (Å²) in [5, 5.41) is 9.71. The van der Waals surface area contributed by atoms with Gasteiger partial charge < -0.3 is 5.11 Å². The largest absolute Gasteiger partial charge is 0.393 e. The van der Waals surface area contributed by atoms with E-state index in [1.54, 1.807) is 25.4 Å². The number of pyridine rings is 1. The zero-order valence-electron chi connectivity index (χ0n) is 6.29. The highest BCUT2D eigenvalue weighted by Crippen LogP contribution is 2.14. The van der Waals surface area contributed by atoms with Crippen LogP contribution in [0.15, 0.2) is 18.5 Å². The van der Waals surface area contributed by atoms with Crippen LogP contribution in [0.4, 0.5) is 0 Å². The Balaban J connectivity index is 2.78. The van der Waals surface area contributed by atoms with Crippen molar-refractivity contribution in [3.05, 3.63) is 29.0 Å². The number of halogens is 1. The summed E-state index contributed by atoms with van der Waals surface area (Å²) in [6, 6.07) is 1.72. The Labute approximate surface area is 70.8 Å². The third-order valence-corrected chi connectivity index (χ3v) is 1.73. The van der Waals surface area contributed by atoms with Crippen LogP contribution in [-0.2, 0) is 6.42 Å². The van der Waals surface area contributed by atoms with E-state index < -0.39 is 0 Å². The Kier molecular flexibility index (Phi) is 2.85. The van der Waals surface area contributed by atoms with E-state index in [-0.39, 0.29) is 6.10 Å². The molecule has 0 saturated heterocycles. The van der Waals surface area contributed by atoms with E-state index in [1.807, 2.05) is 0 Å². The third kappa shape index (κ3) is 2.48. The summed E-state index contributed by atoms with van der Waals surface area (Å²) < 4.78 is 0. The fourth-order valence-corrected chi connectivity index (χ4v) is 1.06. The van der Waals surface area contributed by atoms with Gasteiger partial charge in [-0.1, -0.05) is 11.6 Å². The first kappa shape index (κ1) is 8.50. The number of rotatable bonds is 2. The first-order chi connectivity index (χ1) is 5.20. The third-order valence-electron chi connectivity index (χ3n) is 1.36. The number of nitrogens with zero attached hydrogens (tertiary/aromatic N) is 1. The van der Waals surface area contributed by atoms with E-state index in [1.165, 1.54) is 0 Å². The normalized spacial score (nSPS) is 13.0. The second kappa shape index (κ2) is 3.69. The van der Waals surface area contributed by atoms with Crippen LogP contribution < -0.4 is 0 Å². The summed E-state index contributed by atoms with van der Waals surface area (Å²) in [4.78, 5) is 3.90. The van der Waals surface area contributed by atoms with Gasteiger partial charge in [0.1, 0.15) is 0 Å². The van der Waals surface area contributed by atoms with E-state index in [0.717, 1.165) is 5.56 Å². The van der Waals surface area contributed by atoms with Crippen molar-refractivity contribution < 1.29 is 5.11 Å². The Morgan fingerprint density at radius 2 is 2.45 bits per heavy atom. The Bertz CT molecular complexity index is 237. The maximum Gasteiger partial charge on any atom is 0.0553 e. The lowest BCUT2D eigenvalue weighted by Crippen LogP contribution is -2.04. The van der Waals surface area contributed by atoms with Gasteiger partial charge in [0, 0.05) is 23.8 Å². The summed E-state index contributed by atoms with van der Waals surface area (Å²) in [6.45, 7) is 1.73. The fourth-order valence-electron chi connectivity index (χ4n) is 0.879. The van der Waals surface area contributed by atoms with E-state index >= 15 is 0 Å². The van der Waals surface area contributed by atoms with Crippen molar-refractivity contribution in [3.63, 3.8) is 0 Å². The molecule has 0 aromatic carbocycles. The molecule has 1 atom stereocenters. The van der Waals surface area contributed by atoms with Crippen molar-refractivity contribution in [2.75, 3.05) is 0 Å². The highest BCUT2D eigenvalue weighted by molar-refractivity contribution is 6.31. The van der Waals surface area contributed by atoms with Crippen molar-refractivity contribution in [1.29, 1.82) is 0 Å². The van der Waals surface area contributed by atoms with E-state index in [0.29, 0.717) is 11.4 Å². The monoisotopic (exact) mass is 171 g/mol. The number of aliphatic hydroxyl groups excluding tert-OH is 1. The average Bonchev–Trinajstić information content (AvgIpc) is 1.93. The van der Waals surface area contributed by atoms with Gasteiger partial charge in [-0.3, -0.25) is 4.98 Å². The summed E-state index contributed by atoms with van der Waals surface area (Å²) in [6.07, 6.45) is 3.51. The Morgan fingerprint density at radius 3 is 3.00 bits per heavy atom. The van der Waals surface area contributed by atoms with Crippen molar-refractivity contribution in [1.82, 2.24) is 4.98 Å². The molecule has 0 bridgehead atoms. The molecule has 1 unspecified atom stereocenters. The highest BCUT2D eigenvalue weighted by Gasteiger charge is 2.02. The second-order valence-electron chi connectivity index (χ2n) is 2.52. The SMILES string of the molecule is CC(O)Cc1cnccc1Cl. The van der Waals surface area contributed by atoms with E-state index in [9.17, 15) is 0 Å². The van der Waals surface area contributed by atoms with E-state index in [4.69, 9.17) is 16.7 Å². The average molecular weight is 172 g/mol. The molecule has 0 aliphatic carbocycles. The maximum atomic E-state index is 9.04. The molecule has 1 aromatic rings. The van der Waals surface area contributed by atoms with Gasteiger partial charge >= 0.3 is 0 Å². The molecule has 1 heterocycles. The van der Waals surface area contributed by atoms with Crippen LogP contribution in [0.5, 0.6) is 0 Å². The molecule has 60 valence electrons. The quantitative estimate of drug-likeness (QED) is 0.734. The summed E-state index contributed by atoms with van der Waals surface area (Å²) in [7, 11) is 0. The molecule has 0 radical (unpaired) electrons. The molecule has 11 heavy (non-hydrogen) atoms. The molecule has 0 aliphatic rings. The smallest absolute Gasteiger partial charge is 0.0553 e. The predicted molar refractivity (Wildman–Crippen MR) is 44.6 cm³/mol. The van der Waals surface area contributed by atoms with Gasteiger partial charge in [-0.25, -0.2) is 0 Å². The molecule has 1 N–H and O–H groups in total.